The molecule has 0 aliphatic rings. The summed E-state index contributed by atoms with van der Waals surface area (Å²) in [7, 11) is 1.60. The van der Waals surface area contributed by atoms with Crippen LogP contribution in [0.2, 0.25) is 0 Å². The van der Waals surface area contributed by atoms with Gasteiger partial charge in [-0.3, -0.25) is 4.79 Å². The first-order valence-corrected chi connectivity index (χ1v) is 6.13. The number of furan rings is 1. The fourth-order valence-electron chi connectivity index (χ4n) is 2.14. The van der Waals surface area contributed by atoms with Crippen LogP contribution in [0.5, 0.6) is 5.75 Å². The Morgan fingerprint density at radius 1 is 1.37 bits per heavy atom. The molecule has 0 amide bonds. The molecule has 4 nitrogen and oxygen atoms in total. The number of methoxy groups -OCH3 is 1. The molecule has 1 aromatic heterocycles. The molecule has 2 rings (SSSR count). The number of carboxylic acids is 1. The molecule has 102 valence electrons. The maximum atomic E-state index is 10.9. The number of hydrogen-bond donors (Lipinski definition) is 1. The van der Waals surface area contributed by atoms with E-state index in [0.29, 0.717) is 11.3 Å². The lowest BCUT2D eigenvalue weighted by atomic mass is 9.85. The zero-order valence-electron chi connectivity index (χ0n) is 11.6. The quantitative estimate of drug-likeness (QED) is 0.921. The fraction of sp³-hybridized carbons (Fsp3) is 0.400. The van der Waals surface area contributed by atoms with E-state index in [4.69, 9.17) is 14.3 Å². The van der Waals surface area contributed by atoms with Gasteiger partial charge >= 0.3 is 5.97 Å². The molecule has 4 heteroatoms. The van der Waals surface area contributed by atoms with Crippen molar-refractivity contribution in [3.05, 3.63) is 29.5 Å². The van der Waals surface area contributed by atoms with Gasteiger partial charge in [0.1, 0.15) is 11.3 Å². The molecular formula is C15H18O4. The molecule has 2 aromatic rings. The summed E-state index contributed by atoms with van der Waals surface area (Å²) in [5.74, 6) is -0.159. The summed E-state index contributed by atoms with van der Waals surface area (Å²) in [6.45, 7) is 6.25. The van der Waals surface area contributed by atoms with Gasteiger partial charge in [0.25, 0.3) is 0 Å². The highest BCUT2D eigenvalue weighted by atomic mass is 16.5. The number of rotatable bonds is 3. The van der Waals surface area contributed by atoms with Gasteiger partial charge in [0.05, 0.1) is 19.8 Å². The summed E-state index contributed by atoms with van der Waals surface area (Å²) >= 11 is 0. The first kappa shape index (κ1) is 13.5. The highest BCUT2D eigenvalue weighted by Crippen LogP contribution is 2.36. The maximum absolute atomic E-state index is 10.9. The molecule has 0 unspecified atom stereocenters. The second kappa shape index (κ2) is 4.61. The molecule has 1 N–H and O–H groups in total. The summed E-state index contributed by atoms with van der Waals surface area (Å²) in [5, 5.41) is 9.74. The van der Waals surface area contributed by atoms with Crippen LogP contribution in [0.4, 0.5) is 0 Å². The topological polar surface area (TPSA) is 59.7 Å². The average molecular weight is 262 g/mol. The molecule has 1 heterocycles. The Balaban J connectivity index is 2.70. The molecule has 0 radical (unpaired) electrons. The SMILES string of the molecule is COc1cc(C(C)(C)C)c2occ(CC(=O)O)c2c1. The van der Waals surface area contributed by atoms with Crippen LogP contribution < -0.4 is 4.74 Å². The van der Waals surface area contributed by atoms with E-state index in [1.54, 1.807) is 7.11 Å². The third-order valence-electron chi connectivity index (χ3n) is 3.11. The normalized spacial score (nSPS) is 11.8. The number of carbonyl (C=O) groups is 1. The molecule has 0 saturated heterocycles. The van der Waals surface area contributed by atoms with Crippen molar-refractivity contribution in [3.63, 3.8) is 0 Å². The van der Waals surface area contributed by atoms with Crippen molar-refractivity contribution in [1.82, 2.24) is 0 Å². The highest BCUT2D eigenvalue weighted by Gasteiger charge is 2.22. The Bertz CT molecular complexity index is 617. The van der Waals surface area contributed by atoms with Crippen molar-refractivity contribution < 1.29 is 19.1 Å². The van der Waals surface area contributed by atoms with Gasteiger partial charge in [-0.2, -0.15) is 0 Å². The van der Waals surface area contributed by atoms with Gasteiger partial charge in [-0.25, -0.2) is 0 Å². The standard InChI is InChI=1S/C15H18O4/c1-15(2,3)12-7-10(18-4)6-11-9(5-13(16)17)8-19-14(11)12/h6-8H,5H2,1-4H3,(H,16,17). The van der Waals surface area contributed by atoms with E-state index >= 15 is 0 Å². The van der Waals surface area contributed by atoms with Crippen molar-refractivity contribution in [2.45, 2.75) is 32.6 Å². The number of hydrogen-bond acceptors (Lipinski definition) is 3. The highest BCUT2D eigenvalue weighted by molar-refractivity contribution is 5.89. The summed E-state index contributed by atoms with van der Waals surface area (Å²) in [6, 6.07) is 3.77. The summed E-state index contributed by atoms with van der Waals surface area (Å²) in [6.07, 6.45) is 1.47. The first-order chi connectivity index (χ1) is 8.82. The van der Waals surface area contributed by atoms with E-state index in [0.717, 1.165) is 16.5 Å². The van der Waals surface area contributed by atoms with Crippen LogP contribution in [-0.2, 0) is 16.6 Å². The van der Waals surface area contributed by atoms with E-state index in [1.807, 2.05) is 12.1 Å². The third-order valence-corrected chi connectivity index (χ3v) is 3.11. The predicted molar refractivity (Wildman–Crippen MR) is 72.8 cm³/mol. The lowest BCUT2D eigenvalue weighted by Crippen LogP contribution is -2.11. The van der Waals surface area contributed by atoms with E-state index in [2.05, 4.69) is 20.8 Å². The van der Waals surface area contributed by atoms with Crippen molar-refractivity contribution in [3.8, 4) is 5.75 Å². The Morgan fingerprint density at radius 3 is 2.58 bits per heavy atom. The van der Waals surface area contributed by atoms with Gasteiger partial charge in [-0.05, 0) is 17.5 Å². The van der Waals surface area contributed by atoms with Crippen molar-refractivity contribution in [2.24, 2.45) is 0 Å². The Morgan fingerprint density at radius 2 is 2.05 bits per heavy atom. The number of carboxylic acid groups (broad SMARTS) is 1. The molecule has 19 heavy (non-hydrogen) atoms. The van der Waals surface area contributed by atoms with Gasteiger partial charge in [0.2, 0.25) is 0 Å². The number of fused-ring (bicyclic) bond motifs is 1. The number of aliphatic carboxylic acids is 1. The fourth-order valence-corrected chi connectivity index (χ4v) is 2.14. The van der Waals surface area contributed by atoms with Crippen molar-refractivity contribution in [1.29, 1.82) is 0 Å². The number of ether oxygens (including phenoxy) is 1. The summed E-state index contributed by atoms with van der Waals surface area (Å²) in [4.78, 5) is 10.9. The predicted octanol–water partition coefficient (Wildman–Crippen LogP) is 3.37. The van der Waals surface area contributed by atoms with Crippen LogP contribution in [0.3, 0.4) is 0 Å². The minimum Gasteiger partial charge on any atom is -0.497 e. The molecule has 0 aliphatic heterocycles. The van der Waals surface area contributed by atoms with Crippen molar-refractivity contribution in [2.75, 3.05) is 7.11 Å². The van der Waals surface area contributed by atoms with Crippen LogP contribution in [0.15, 0.2) is 22.8 Å². The summed E-state index contributed by atoms with van der Waals surface area (Å²) in [5.41, 5.74) is 2.32. The third kappa shape index (κ3) is 2.57. The monoisotopic (exact) mass is 262 g/mol. The first-order valence-electron chi connectivity index (χ1n) is 6.13. The Labute approximate surface area is 112 Å². The molecule has 0 atom stereocenters. The minimum atomic E-state index is -0.872. The second-order valence-corrected chi connectivity index (χ2v) is 5.63. The second-order valence-electron chi connectivity index (χ2n) is 5.63. The van der Waals surface area contributed by atoms with Gasteiger partial charge in [0.15, 0.2) is 0 Å². The number of benzene rings is 1. The van der Waals surface area contributed by atoms with Crippen LogP contribution in [0.25, 0.3) is 11.0 Å². The smallest absolute Gasteiger partial charge is 0.307 e. The molecule has 1 aromatic carbocycles. The lowest BCUT2D eigenvalue weighted by molar-refractivity contribution is -0.136. The maximum Gasteiger partial charge on any atom is 0.307 e. The van der Waals surface area contributed by atoms with E-state index < -0.39 is 5.97 Å². The van der Waals surface area contributed by atoms with Crippen LogP contribution in [0.1, 0.15) is 31.9 Å². The zero-order chi connectivity index (χ0) is 14.2. The Kier molecular flexibility index (Phi) is 3.27. The van der Waals surface area contributed by atoms with Crippen LogP contribution in [0, 0.1) is 0 Å². The van der Waals surface area contributed by atoms with Crippen LogP contribution >= 0.6 is 0 Å². The lowest BCUT2D eigenvalue weighted by Gasteiger charge is -2.20. The largest absolute Gasteiger partial charge is 0.497 e. The van der Waals surface area contributed by atoms with Crippen molar-refractivity contribution >= 4 is 16.9 Å². The van der Waals surface area contributed by atoms with Gasteiger partial charge in [-0.15, -0.1) is 0 Å². The molecule has 0 fully saturated rings. The van der Waals surface area contributed by atoms with E-state index in [-0.39, 0.29) is 11.8 Å². The minimum absolute atomic E-state index is 0.0518. The van der Waals surface area contributed by atoms with Gasteiger partial charge < -0.3 is 14.3 Å². The molecule has 0 bridgehead atoms. The summed E-state index contributed by atoms with van der Waals surface area (Å²) < 4.78 is 10.9. The molecule has 0 aliphatic carbocycles. The van der Waals surface area contributed by atoms with Crippen LogP contribution in [-0.4, -0.2) is 18.2 Å². The van der Waals surface area contributed by atoms with E-state index in [1.165, 1.54) is 6.26 Å². The zero-order valence-corrected chi connectivity index (χ0v) is 11.6. The van der Waals surface area contributed by atoms with Gasteiger partial charge in [0, 0.05) is 16.5 Å². The molecule has 0 saturated carbocycles. The molecule has 0 spiro atoms. The average Bonchev–Trinajstić information content (AvgIpc) is 2.69. The molecular weight excluding hydrogens is 244 g/mol. The van der Waals surface area contributed by atoms with E-state index in [9.17, 15) is 4.79 Å². The Hall–Kier alpha value is -1.97. The van der Waals surface area contributed by atoms with Gasteiger partial charge in [-0.1, -0.05) is 20.8 Å².